The van der Waals surface area contributed by atoms with Crippen molar-refractivity contribution in [2.24, 2.45) is 11.7 Å². The van der Waals surface area contributed by atoms with E-state index in [1.807, 2.05) is 6.07 Å². The zero-order valence-corrected chi connectivity index (χ0v) is 10.4. The Morgan fingerprint density at radius 3 is 2.65 bits per heavy atom. The number of hydrogen-bond donors (Lipinski definition) is 2. The molecular formula is C13H11N3O4. The standard InChI is InChI=1S/C13H11N3O4/c14-5-7-1-2-10(9(3-7)13(19)20)16-6-8(12(15)18)4-11(16)17/h1-3,8H,4,6H2,(H2,15,18)(H,19,20). The first-order chi connectivity index (χ1) is 9.43. The van der Waals surface area contributed by atoms with Crippen LogP contribution in [0.4, 0.5) is 5.69 Å². The SMILES string of the molecule is N#Cc1ccc(N2CC(C(N)=O)CC2=O)c(C(=O)O)c1. The van der Waals surface area contributed by atoms with E-state index in [1.165, 1.54) is 23.1 Å². The Morgan fingerprint density at radius 2 is 2.15 bits per heavy atom. The Bertz CT molecular complexity index is 648. The van der Waals surface area contributed by atoms with Gasteiger partial charge in [-0.05, 0) is 18.2 Å². The quantitative estimate of drug-likeness (QED) is 0.807. The predicted octanol–water partition coefficient (Wildman–Crippen LogP) is 0.0947. The molecule has 7 nitrogen and oxygen atoms in total. The van der Waals surface area contributed by atoms with Gasteiger partial charge in [0.05, 0.1) is 28.8 Å². The minimum Gasteiger partial charge on any atom is -0.478 e. The van der Waals surface area contributed by atoms with E-state index in [1.54, 1.807) is 0 Å². The molecule has 2 rings (SSSR count). The molecule has 0 bridgehead atoms. The Morgan fingerprint density at radius 1 is 1.45 bits per heavy atom. The maximum atomic E-state index is 11.9. The number of carboxylic acid groups (broad SMARTS) is 1. The van der Waals surface area contributed by atoms with E-state index in [0.29, 0.717) is 0 Å². The number of nitrogens with zero attached hydrogens (tertiary/aromatic N) is 2. The number of amides is 2. The van der Waals surface area contributed by atoms with Crippen molar-refractivity contribution in [1.29, 1.82) is 5.26 Å². The van der Waals surface area contributed by atoms with E-state index in [4.69, 9.17) is 16.1 Å². The molecule has 3 N–H and O–H groups in total. The number of aromatic carboxylic acids is 1. The fourth-order valence-electron chi connectivity index (χ4n) is 2.14. The lowest BCUT2D eigenvalue weighted by Gasteiger charge is -2.18. The molecule has 1 saturated heterocycles. The molecule has 1 unspecified atom stereocenters. The monoisotopic (exact) mass is 273 g/mol. The van der Waals surface area contributed by atoms with E-state index >= 15 is 0 Å². The van der Waals surface area contributed by atoms with E-state index in [-0.39, 0.29) is 35.7 Å². The van der Waals surface area contributed by atoms with Gasteiger partial charge < -0.3 is 15.7 Å². The van der Waals surface area contributed by atoms with Gasteiger partial charge in [0.15, 0.2) is 0 Å². The minimum absolute atomic E-state index is 0.0333. The van der Waals surface area contributed by atoms with Crippen LogP contribution in [0.25, 0.3) is 0 Å². The third kappa shape index (κ3) is 2.31. The van der Waals surface area contributed by atoms with Crippen LogP contribution in [0, 0.1) is 17.2 Å². The summed E-state index contributed by atoms with van der Waals surface area (Å²) in [7, 11) is 0. The van der Waals surface area contributed by atoms with Crippen LogP contribution in [0.15, 0.2) is 18.2 Å². The predicted molar refractivity (Wildman–Crippen MR) is 67.8 cm³/mol. The fourth-order valence-corrected chi connectivity index (χ4v) is 2.14. The molecule has 0 saturated carbocycles. The average molecular weight is 273 g/mol. The lowest BCUT2D eigenvalue weighted by molar-refractivity contribution is -0.123. The van der Waals surface area contributed by atoms with Crippen molar-refractivity contribution in [2.75, 3.05) is 11.4 Å². The normalized spacial score (nSPS) is 17.9. The summed E-state index contributed by atoms with van der Waals surface area (Å²) in [6, 6.07) is 5.85. The summed E-state index contributed by atoms with van der Waals surface area (Å²) in [5, 5.41) is 18.0. The van der Waals surface area contributed by atoms with Crippen LogP contribution >= 0.6 is 0 Å². The highest BCUT2D eigenvalue weighted by atomic mass is 16.4. The lowest BCUT2D eigenvalue weighted by atomic mass is 10.1. The third-order valence-electron chi connectivity index (χ3n) is 3.17. The van der Waals surface area contributed by atoms with Crippen LogP contribution in [0.1, 0.15) is 22.3 Å². The molecule has 0 aliphatic carbocycles. The molecule has 0 radical (unpaired) electrons. The highest BCUT2D eigenvalue weighted by molar-refractivity contribution is 6.05. The number of rotatable bonds is 3. The molecule has 1 aliphatic heterocycles. The zero-order chi connectivity index (χ0) is 14.9. The highest BCUT2D eigenvalue weighted by Crippen LogP contribution is 2.28. The van der Waals surface area contributed by atoms with Crippen LogP contribution in [0.2, 0.25) is 0 Å². The number of primary amides is 1. The van der Waals surface area contributed by atoms with Gasteiger partial charge in [0.1, 0.15) is 0 Å². The number of carbonyl (C=O) groups is 3. The Balaban J connectivity index is 2.43. The molecule has 1 aromatic rings. The second-order valence-corrected chi connectivity index (χ2v) is 4.46. The first-order valence-electron chi connectivity index (χ1n) is 5.81. The fraction of sp³-hybridized carbons (Fsp3) is 0.231. The molecule has 1 aliphatic rings. The van der Waals surface area contributed by atoms with Gasteiger partial charge in [-0.15, -0.1) is 0 Å². The molecule has 7 heteroatoms. The number of benzene rings is 1. The largest absolute Gasteiger partial charge is 0.478 e. The van der Waals surface area contributed by atoms with Gasteiger partial charge in [-0.25, -0.2) is 4.79 Å². The van der Waals surface area contributed by atoms with Gasteiger partial charge in [0, 0.05) is 13.0 Å². The van der Waals surface area contributed by atoms with Crippen molar-refractivity contribution < 1.29 is 19.5 Å². The maximum Gasteiger partial charge on any atom is 0.337 e. The lowest BCUT2D eigenvalue weighted by Crippen LogP contribution is -2.29. The molecule has 0 aromatic heterocycles. The van der Waals surface area contributed by atoms with Crippen molar-refractivity contribution in [3.8, 4) is 6.07 Å². The van der Waals surface area contributed by atoms with Gasteiger partial charge in [-0.1, -0.05) is 0 Å². The summed E-state index contributed by atoms with van der Waals surface area (Å²) in [6.07, 6.45) is -0.0333. The molecular weight excluding hydrogens is 262 g/mol. The van der Waals surface area contributed by atoms with Gasteiger partial charge in [-0.3, -0.25) is 9.59 Å². The van der Waals surface area contributed by atoms with Crippen LogP contribution in [-0.4, -0.2) is 29.4 Å². The smallest absolute Gasteiger partial charge is 0.337 e. The van der Waals surface area contributed by atoms with E-state index in [9.17, 15) is 14.4 Å². The van der Waals surface area contributed by atoms with Crippen LogP contribution in [0.5, 0.6) is 0 Å². The van der Waals surface area contributed by atoms with Gasteiger partial charge in [0.2, 0.25) is 11.8 Å². The number of nitrogens with two attached hydrogens (primary N) is 1. The first kappa shape index (κ1) is 13.5. The van der Waals surface area contributed by atoms with Crippen LogP contribution < -0.4 is 10.6 Å². The summed E-state index contributed by atoms with van der Waals surface area (Å²) in [6.45, 7) is 0.0559. The molecule has 0 spiro atoms. The highest BCUT2D eigenvalue weighted by Gasteiger charge is 2.35. The molecule has 1 fully saturated rings. The van der Waals surface area contributed by atoms with Crippen molar-refractivity contribution in [1.82, 2.24) is 0 Å². The summed E-state index contributed by atoms with van der Waals surface area (Å²) < 4.78 is 0. The van der Waals surface area contributed by atoms with E-state index in [0.717, 1.165) is 0 Å². The molecule has 2 amide bonds. The van der Waals surface area contributed by atoms with Gasteiger partial charge in [0.25, 0.3) is 0 Å². The summed E-state index contributed by atoms with van der Waals surface area (Å²) in [4.78, 5) is 35.5. The van der Waals surface area contributed by atoms with E-state index in [2.05, 4.69) is 0 Å². The number of carbonyl (C=O) groups excluding carboxylic acids is 2. The zero-order valence-electron chi connectivity index (χ0n) is 10.4. The van der Waals surface area contributed by atoms with Crippen molar-refractivity contribution in [3.63, 3.8) is 0 Å². The van der Waals surface area contributed by atoms with E-state index < -0.39 is 17.8 Å². The number of nitriles is 1. The van der Waals surface area contributed by atoms with Crippen molar-refractivity contribution in [2.45, 2.75) is 6.42 Å². The Labute approximate surface area is 114 Å². The minimum atomic E-state index is -1.24. The third-order valence-corrected chi connectivity index (χ3v) is 3.17. The van der Waals surface area contributed by atoms with Crippen molar-refractivity contribution in [3.05, 3.63) is 29.3 Å². The topological polar surface area (TPSA) is 124 Å². The summed E-state index contributed by atoms with van der Waals surface area (Å²) in [5.74, 6) is -2.82. The average Bonchev–Trinajstić information content (AvgIpc) is 2.80. The van der Waals surface area contributed by atoms with Crippen molar-refractivity contribution >= 4 is 23.5 Å². The first-order valence-corrected chi connectivity index (χ1v) is 5.81. The molecule has 102 valence electrons. The second-order valence-electron chi connectivity index (χ2n) is 4.46. The van der Waals surface area contributed by atoms with Crippen LogP contribution in [0.3, 0.4) is 0 Å². The maximum absolute atomic E-state index is 11.9. The van der Waals surface area contributed by atoms with Crippen LogP contribution in [-0.2, 0) is 9.59 Å². The molecule has 1 aromatic carbocycles. The molecule has 20 heavy (non-hydrogen) atoms. The second kappa shape index (κ2) is 5.01. The van der Waals surface area contributed by atoms with Gasteiger partial charge >= 0.3 is 5.97 Å². The molecule has 1 heterocycles. The number of anilines is 1. The van der Waals surface area contributed by atoms with Gasteiger partial charge in [-0.2, -0.15) is 5.26 Å². The number of hydrogen-bond acceptors (Lipinski definition) is 4. The molecule has 1 atom stereocenters. The Kier molecular flexibility index (Phi) is 3.39. The summed E-state index contributed by atoms with van der Waals surface area (Å²) >= 11 is 0. The Hall–Kier alpha value is -2.88. The summed E-state index contributed by atoms with van der Waals surface area (Å²) in [5.41, 5.74) is 5.37. The number of carboxylic acids is 1.